The van der Waals surface area contributed by atoms with Crippen LogP contribution < -0.4 is 5.32 Å². The Morgan fingerprint density at radius 3 is 2.48 bits per heavy atom. The Morgan fingerprint density at radius 2 is 1.79 bits per heavy atom. The molecule has 0 atom stereocenters. The number of aromatic nitrogens is 2. The molecule has 1 aliphatic rings. The highest BCUT2D eigenvalue weighted by molar-refractivity contribution is 5.96. The first-order valence-electron chi connectivity index (χ1n) is 11.4. The average molecular weight is 453 g/mol. The van der Waals surface area contributed by atoms with E-state index in [0.29, 0.717) is 23.5 Å². The highest BCUT2D eigenvalue weighted by Crippen LogP contribution is 2.22. The number of carbonyl (C=O) groups excluding carboxylic acids is 1. The van der Waals surface area contributed by atoms with Gasteiger partial charge in [0.05, 0.1) is 17.0 Å². The van der Waals surface area contributed by atoms with E-state index in [1.54, 1.807) is 13.8 Å². The van der Waals surface area contributed by atoms with E-state index in [1.165, 1.54) is 35.2 Å². The number of nitrogens with zero attached hydrogens (tertiary/aromatic N) is 3. The van der Waals surface area contributed by atoms with Crippen LogP contribution in [0.2, 0.25) is 0 Å². The van der Waals surface area contributed by atoms with Crippen molar-refractivity contribution in [1.29, 1.82) is 0 Å². The number of amides is 1. The quantitative estimate of drug-likeness (QED) is 0.577. The fraction of sp³-hybridized carbons (Fsp3) is 0.385. The minimum Gasteiger partial charge on any atom is -0.348 e. The van der Waals surface area contributed by atoms with Crippen molar-refractivity contribution in [1.82, 2.24) is 20.0 Å². The first-order chi connectivity index (χ1) is 15.8. The summed E-state index contributed by atoms with van der Waals surface area (Å²) < 4.78 is 28.9. The zero-order valence-corrected chi connectivity index (χ0v) is 19.4. The second-order valence-electron chi connectivity index (χ2n) is 8.96. The number of halogens is 2. The molecule has 0 aliphatic carbocycles. The van der Waals surface area contributed by atoms with E-state index >= 15 is 0 Å². The van der Waals surface area contributed by atoms with Gasteiger partial charge in [-0.1, -0.05) is 31.2 Å². The Morgan fingerprint density at radius 1 is 1.09 bits per heavy atom. The predicted octanol–water partition coefficient (Wildman–Crippen LogP) is 4.93. The van der Waals surface area contributed by atoms with Crippen LogP contribution in [0, 0.1) is 31.4 Å². The third-order valence-electron chi connectivity index (χ3n) is 6.48. The van der Waals surface area contributed by atoms with E-state index in [-0.39, 0.29) is 11.6 Å². The number of carbonyl (C=O) groups is 1. The number of hydrogen-bond acceptors (Lipinski definition) is 3. The number of rotatable bonds is 6. The van der Waals surface area contributed by atoms with Gasteiger partial charge in [0.25, 0.3) is 5.91 Å². The molecule has 0 spiro atoms. The van der Waals surface area contributed by atoms with Gasteiger partial charge in [-0.3, -0.25) is 9.69 Å². The van der Waals surface area contributed by atoms with Gasteiger partial charge in [0.2, 0.25) is 0 Å². The normalized spacial score (nSPS) is 15.1. The monoisotopic (exact) mass is 452 g/mol. The van der Waals surface area contributed by atoms with Gasteiger partial charge in [-0.2, -0.15) is 5.10 Å². The fourth-order valence-corrected chi connectivity index (χ4v) is 4.47. The molecule has 4 rings (SSSR count). The van der Waals surface area contributed by atoms with Crippen molar-refractivity contribution in [3.05, 3.63) is 82.2 Å². The van der Waals surface area contributed by atoms with Crippen LogP contribution in [0.3, 0.4) is 0 Å². The van der Waals surface area contributed by atoms with Crippen molar-refractivity contribution in [2.24, 2.45) is 5.92 Å². The standard InChI is InChI=1S/C26H30F2N4O/c1-17-10-12-31(13-11-17)16-21-7-5-4-6-20(21)15-29-26(33)25-18(2)30-32(19(25)3)24-9-8-22(27)14-23(24)28/h4-9,14,17H,10-13,15-16H2,1-3H3,(H,29,33). The maximum absolute atomic E-state index is 14.3. The molecule has 0 bridgehead atoms. The van der Waals surface area contributed by atoms with Crippen LogP contribution in [0.1, 0.15) is 52.6 Å². The minimum absolute atomic E-state index is 0.109. The predicted molar refractivity (Wildman–Crippen MR) is 124 cm³/mol. The molecule has 0 unspecified atom stereocenters. The van der Waals surface area contributed by atoms with Gasteiger partial charge in [0.1, 0.15) is 11.5 Å². The molecule has 33 heavy (non-hydrogen) atoms. The van der Waals surface area contributed by atoms with E-state index < -0.39 is 11.6 Å². The molecule has 0 radical (unpaired) electrons. The molecule has 3 aromatic rings. The molecule has 7 heteroatoms. The summed E-state index contributed by atoms with van der Waals surface area (Å²) >= 11 is 0. The number of nitrogens with one attached hydrogen (secondary N) is 1. The van der Waals surface area contributed by atoms with E-state index in [4.69, 9.17) is 0 Å². The Balaban J connectivity index is 1.48. The van der Waals surface area contributed by atoms with E-state index in [2.05, 4.69) is 28.3 Å². The molecule has 1 N–H and O–H groups in total. The number of benzene rings is 2. The van der Waals surface area contributed by atoms with Gasteiger partial charge in [-0.15, -0.1) is 0 Å². The lowest BCUT2D eigenvalue weighted by Gasteiger charge is -2.30. The zero-order chi connectivity index (χ0) is 23.5. The van der Waals surface area contributed by atoms with Crippen LogP contribution in [0.15, 0.2) is 42.5 Å². The molecule has 5 nitrogen and oxygen atoms in total. The smallest absolute Gasteiger partial charge is 0.255 e. The van der Waals surface area contributed by atoms with Crippen LogP contribution in [0.25, 0.3) is 5.69 Å². The summed E-state index contributed by atoms with van der Waals surface area (Å²) in [6, 6.07) is 11.5. The molecule has 2 heterocycles. The Bertz CT molecular complexity index is 1150. The van der Waals surface area contributed by atoms with E-state index in [0.717, 1.165) is 37.2 Å². The van der Waals surface area contributed by atoms with Crippen molar-refractivity contribution in [3.8, 4) is 5.69 Å². The van der Waals surface area contributed by atoms with Crippen molar-refractivity contribution in [2.45, 2.75) is 46.7 Å². The first kappa shape index (κ1) is 23.1. The van der Waals surface area contributed by atoms with Crippen LogP contribution in [0.4, 0.5) is 8.78 Å². The zero-order valence-electron chi connectivity index (χ0n) is 19.4. The molecule has 174 valence electrons. The van der Waals surface area contributed by atoms with Gasteiger partial charge in [-0.25, -0.2) is 13.5 Å². The van der Waals surface area contributed by atoms with Gasteiger partial charge >= 0.3 is 0 Å². The van der Waals surface area contributed by atoms with Crippen LogP contribution >= 0.6 is 0 Å². The van der Waals surface area contributed by atoms with Gasteiger partial charge in [0.15, 0.2) is 5.82 Å². The lowest BCUT2D eigenvalue weighted by molar-refractivity contribution is 0.0949. The highest BCUT2D eigenvalue weighted by atomic mass is 19.1. The largest absolute Gasteiger partial charge is 0.348 e. The number of likely N-dealkylation sites (tertiary alicyclic amines) is 1. The van der Waals surface area contributed by atoms with Crippen molar-refractivity contribution < 1.29 is 13.6 Å². The summed E-state index contributed by atoms with van der Waals surface area (Å²) in [5.74, 6) is -0.867. The Labute approximate surface area is 193 Å². The minimum atomic E-state index is -0.728. The third-order valence-corrected chi connectivity index (χ3v) is 6.48. The Kier molecular flexibility index (Phi) is 6.88. The van der Waals surface area contributed by atoms with Gasteiger partial charge < -0.3 is 5.32 Å². The number of piperidine rings is 1. The summed E-state index contributed by atoms with van der Waals surface area (Å²) in [7, 11) is 0. The maximum Gasteiger partial charge on any atom is 0.255 e. The fourth-order valence-electron chi connectivity index (χ4n) is 4.47. The highest BCUT2D eigenvalue weighted by Gasteiger charge is 2.22. The molecule has 1 aliphatic heterocycles. The van der Waals surface area contributed by atoms with Gasteiger partial charge in [0, 0.05) is 19.2 Å². The van der Waals surface area contributed by atoms with Crippen molar-refractivity contribution in [2.75, 3.05) is 13.1 Å². The first-order valence-corrected chi connectivity index (χ1v) is 11.4. The Hall–Kier alpha value is -3.06. The third kappa shape index (κ3) is 5.14. The molecular weight excluding hydrogens is 422 g/mol. The second kappa shape index (κ2) is 9.83. The SMILES string of the molecule is Cc1nn(-c2ccc(F)cc2F)c(C)c1C(=O)NCc1ccccc1CN1CCC(C)CC1. The second-order valence-corrected chi connectivity index (χ2v) is 8.96. The molecular formula is C26H30F2N4O. The maximum atomic E-state index is 14.3. The molecule has 1 fully saturated rings. The van der Waals surface area contributed by atoms with Crippen LogP contribution in [-0.2, 0) is 13.1 Å². The van der Waals surface area contributed by atoms with Crippen LogP contribution in [0.5, 0.6) is 0 Å². The summed E-state index contributed by atoms with van der Waals surface area (Å²) in [5.41, 5.74) is 3.80. The molecule has 2 aromatic carbocycles. The average Bonchev–Trinajstić information content (AvgIpc) is 3.08. The summed E-state index contributed by atoms with van der Waals surface area (Å²) in [6.07, 6.45) is 2.44. The molecule has 0 saturated carbocycles. The van der Waals surface area contributed by atoms with Crippen molar-refractivity contribution >= 4 is 5.91 Å². The molecule has 1 aromatic heterocycles. The topological polar surface area (TPSA) is 50.2 Å². The van der Waals surface area contributed by atoms with Crippen molar-refractivity contribution in [3.63, 3.8) is 0 Å². The van der Waals surface area contributed by atoms with E-state index in [9.17, 15) is 13.6 Å². The summed E-state index contributed by atoms with van der Waals surface area (Å²) in [6.45, 7) is 9.19. The molecule has 1 saturated heterocycles. The van der Waals surface area contributed by atoms with E-state index in [1.807, 2.05) is 18.2 Å². The summed E-state index contributed by atoms with van der Waals surface area (Å²) in [5, 5.41) is 7.34. The number of aryl methyl sites for hydroxylation is 1. The van der Waals surface area contributed by atoms with Gasteiger partial charge in [-0.05, 0) is 69.0 Å². The van der Waals surface area contributed by atoms with Crippen LogP contribution in [-0.4, -0.2) is 33.7 Å². The molecule has 1 amide bonds. The lowest BCUT2D eigenvalue weighted by Crippen LogP contribution is -2.33. The lowest BCUT2D eigenvalue weighted by atomic mass is 9.98. The number of hydrogen-bond donors (Lipinski definition) is 1. The summed E-state index contributed by atoms with van der Waals surface area (Å²) in [4.78, 5) is 15.5.